The van der Waals surface area contributed by atoms with Gasteiger partial charge in [0.2, 0.25) is 0 Å². The molecule has 8 heteroatoms. The van der Waals surface area contributed by atoms with Crippen LogP contribution in [0.1, 0.15) is 36.0 Å². The monoisotopic (exact) mass is 513 g/mol. The highest BCUT2D eigenvalue weighted by atomic mass is 127. The standard InChI is InChI=1S/C21H31N5O2.HI/c1-4-26(5-2)18(17-10-7-6-8-11-17)16-25-21(22-3)24-14-13-23-20(27)19-12-9-15-28-19;/h6-12,15,18H,4-5,13-14,16H2,1-3H3,(H,23,27)(H2,22,24,25);1H. The maximum atomic E-state index is 11.8. The number of benzene rings is 1. The van der Waals surface area contributed by atoms with Gasteiger partial charge >= 0.3 is 0 Å². The fraction of sp³-hybridized carbons (Fsp3) is 0.429. The normalized spacial score (nSPS) is 12.2. The molecule has 160 valence electrons. The minimum Gasteiger partial charge on any atom is -0.459 e. The lowest BCUT2D eigenvalue weighted by Crippen LogP contribution is -2.45. The van der Waals surface area contributed by atoms with Crippen LogP contribution in [0.3, 0.4) is 0 Å². The maximum Gasteiger partial charge on any atom is 0.287 e. The Morgan fingerprint density at radius 1 is 1.03 bits per heavy atom. The number of aliphatic imine (C=N–C) groups is 1. The number of amides is 1. The van der Waals surface area contributed by atoms with Crippen molar-refractivity contribution in [1.29, 1.82) is 0 Å². The Morgan fingerprint density at radius 3 is 2.31 bits per heavy atom. The highest BCUT2D eigenvalue weighted by Crippen LogP contribution is 2.19. The van der Waals surface area contributed by atoms with Crippen molar-refractivity contribution < 1.29 is 9.21 Å². The second kappa shape index (κ2) is 14.0. The van der Waals surface area contributed by atoms with E-state index in [1.54, 1.807) is 19.2 Å². The minimum atomic E-state index is -0.222. The number of hydrogen-bond acceptors (Lipinski definition) is 4. The van der Waals surface area contributed by atoms with E-state index in [1.807, 2.05) is 6.07 Å². The molecule has 7 nitrogen and oxygen atoms in total. The molecule has 0 radical (unpaired) electrons. The molecular weight excluding hydrogens is 481 g/mol. The third kappa shape index (κ3) is 8.06. The van der Waals surface area contributed by atoms with Gasteiger partial charge in [0.25, 0.3) is 5.91 Å². The topological polar surface area (TPSA) is 81.9 Å². The molecule has 0 bridgehead atoms. The number of halogens is 1. The van der Waals surface area contributed by atoms with Crippen LogP contribution in [0.2, 0.25) is 0 Å². The molecule has 1 atom stereocenters. The van der Waals surface area contributed by atoms with Gasteiger partial charge in [-0.1, -0.05) is 44.2 Å². The average Bonchev–Trinajstić information content (AvgIpc) is 3.28. The number of rotatable bonds is 10. The molecule has 0 saturated carbocycles. The van der Waals surface area contributed by atoms with E-state index in [-0.39, 0.29) is 35.9 Å². The van der Waals surface area contributed by atoms with Crippen LogP contribution in [0.25, 0.3) is 0 Å². The summed E-state index contributed by atoms with van der Waals surface area (Å²) in [6.07, 6.45) is 1.48. The molecule has 29 heavy (non-hydrogen) atoms. The summed E-state index contributed by atoms with van der Waals surface area (Å²) >= 11 is 0. The first-order valence-corrected chi connectivity index (χ1v) is 9.74. The number of nitrogens with zero attached hydrogens (tertiary/aromatic N) is 2. The summed E-state index contributed by atoms with van der Waals surface area (Å²) in [7, 11) is 1.74. The van der Waals surface area contributed by atoms with E-state index in [1.165, 1.54) is 11.8 Å². The number of hydrogen-bond donors (Lipinski definition) is 3. The van der Waals surface area contributed by atoms with Crippen LogP contribution in [-0.4, -0.2) is 56.5 Å². The molecule has 1 amide bonds. The van der Waals surface area contributed by atoms with Crippen molar-refractivity contribution in [3.63, 3.8) is 0 Å². The van der Waals surface area contributed by atoms with Gasteiger partial charge in [-0.05, 0) is 30.8 Å². The molecule has 3 N–H and O–H groups in total. The summed E-state index contributed by atoms with van der Waals surface area (Å²) in [6, 6.07) is 14.1. The first-order chi connectivity index (χ1) is 13.7. The molecule has 0 spiro atoms. The Kier molecular flexibility index (Phi) is 12.1. The molecule has 0 aliphatic rings. The third-order valence-electron chi connectivity index (χ3n) is 4.57. The van der Waals surface area contributed by atoms with Crippen molar-refractivity contribution in [3.05, 3.63) is 60.1 Å². The molecule has 1 aromatic heterocycles. The Morgan fingerprint density at radius 2 is 1.72 bits per heavy atom. The van der Waals surface area contributed by atoms with Gasteiger partial charge in [-0.15, -0.1) is 24.0 Å². The van der Waals surface area contributed by atoms with E-state index in [4.69, 9.17) is 4.42 Å². The van der Waals surface area contributed by atoms with E-state index < -0.39 is 0 Å². The van der Waals surface area contributed by atoms with Crippen molar-refractivity contribution in [1.82, 2.24) is 20.9 Å². The van der Waals surface area contributed by atoms with E-state index in [0.717, 1.165) is 19.6 Å². The van der Waals surface area contributed by atoms with Gasteiger partial charge in [0.15, 0.2) is 11.7 Å². The Hall–Kier alpha value is -2.07. The highest BCUT2D eigenvalue weighted by molar-refractivity contribution is 14.0. The van der Waals surface area contributed by atoms with Crippen LogP contribution in [0.4, 0.5) is 0 Å². The number of likely N-dealkylation sites (N-methyl/N-ethyl adjacent to an activating group) is 1. The lowest BCUT2D eigenvalue weighted by atomic mass is 10.1. The molecule has 0 saturated heterocycles. The summed E-state index contributed by atoms with van der Waals surface area (Å²) in [5.74, 6) is 0.799. The molecule has 1 aromatic carbocycles. The second-order valence-electron chi connectivity index (χ2n) is 6.26. The summed E-state index contributed by atoms with van der Waals surface area (Å²) < 4.78 is 5.07. The zero-order valence-electron chi connectivity index (χ0n) is 17.4. The molecule has 0 aliphatic heterocycles. The lowest BCUT2D eigenvalue weighted by molar-refractivity contribution is 0.0926. The number of nitrogens with one attached hydrogen (secondary N) is 3. The van der Waals surface area contributed by atoms with E-state index in [2.05, 4.69) is 64.0 Å². The Balaban J connectivity index is 0.00000420. The van der Waals surface area contributed by atoms with E-state index >= 15 is 0 Å². The number of guanidine groups is 1. The summed E-state index contributed by atoms with van der Waals surface area (Å²) in [5.41, 5.74) is 1.28. The predicted octanol–water partition coefficient (Wildman–Crippen LogP) is 2.88. The molecule has 1 heterocycles. The number of carbonyl (C=O) groups excluding carboxylic acids is 1. The molecule has 2 rings (SSSR count). The van der Waals surface area contributed by atoms with Crippen LogP contribution in [0.5, 0.6) is 0 Å². The lowest BCUT2D eigenvalue weighted by Gasteiger charge is -2.30. The Labute approximate surface area is 190 Å². The summed E-state index contributed by atoms with van der Waals surface area (Å²) in [6.45, 7) is 8.07. The summed E-state index contributed by atoms with van der Waals surface area (Å²) in [4.78, 5) is 18.5. The molecule has 0 aliphatic carbocycles. The fourth-order valence-corrected chi connectivity index (χ4v) is 3.06. The highest BCUT2D eigenvalue weighted by Gasteiger charge is 2.18. The molecular formula is C21H32IN5O2. The smallest absolute Gasteiger partial charge is 0.287 e. The van der Waals surface area contributed by atoms with Crippen molar-refractivity contribution in [2.24, 2.45) is 4.99 Å². The van der Waals surface area contributed by atoms with Gasteiger partial charge in [-0.2, -0.15) is 0 Å². The van der Waals surface area contributed by atoms with Gasteiger partial charge in [0.05, 0.1) is 12.3 Å². The van der Waals surface area contributed by atoms with Crippen molar-refractivity contribution in [2.75, 3.05) is 39.8 Å². The largest absolute Gasteiger partial charge is 0.459 e. The van der Waals surface area contributed by atoms with E-state index in [9.17, 15) is 4.79 Å². The van der Waals surface area contributed by atoms with Crippen molar-refractivity contribution >= 4 is 35.8 Å². The minimum absolute atomic E-state index is 0. The molecule has 1 unspecified atom stereocenters. The van der Waals surface area contributed by atoms with Crippen LogP contribution < -0.4 is 16.0 Å². The average molecular weight is 513 g/mol. The second-order valence-corrected chi connectivity index (χ2v) is 6.26. The zero-order chi connectivity index (χ0) is 20.2. The number of carbonyl (C=O) groups is 1. The summed E-state index contributed by atoms with van der Waals surface area (Å²) in [5, 5.41) is 9.43. The first kappa shape index (κ1) is 25.0. The quantitative estimate of drug-likeness (QED) is 0.197. The van der Waals surface area contributed by atoms with Crippen LogP contribution in [0, 0.1) is 0 Å². The van der Waals surface area contributed by atoms with Gasteiger partial charge in [0, 0.05) is 26.7 Å². The van der Waals surface area contributed by atoms with Crippen molar-refractivity contribution in [2.45, 2.75) is 19.9 Å². The Bertz CT molecular complexity index is 718. The predicted molar refractivity (Wildman–Crippen MR) is 128 cm³/mol. The van der Waals surface area contributed by atoms with Gasteiger partial charge in [0.1, 0.15) is 0 Å². The van der Waals surface area contributed by atoms with Gasteiger partial charge < -0.3 is 20.4 Å². The number of furan rings is 1. The van der Waals surface area contributed by atoms with Crippen molar-refractivity contribution in [3.8, 4) is 0 Å². The van der Waals surface area contributed by atoms with Crippen LogP contribution in [0.15, 0.2) is 58.1 Å². The van der Waals surface area contributed by atoms with Crippen LogP contribution >= 0.6 is 24.0 Å². The molecule has 2 aromatic rings. The van der Waals surface area contributed by atoms with Gasteiger partial charge in [-0.3, -0.25) is 14.7 Å². The fourth-order valence-electron chi connectivity index (χ4n) is 3.06. The van der Waals surface area contributed by atoms with Gasteiger partial charge in [-0.25, -0.2) is 0 Å². The SMILES string of the molecule is CCN(CC)C(CNC(=NC)NCCNC(=O)c1ccco1)c1ccccc1.I. The van der Waals surface area contributed by atoms with E-state index in [0.29, 0.717) is 24.8 Å². The maximum absolute atomic E-state index is 11.8. The molecule has 0 fully saturated rings. The third-order valence-corrected chi connectivity index (χ3v) is 4.57. The van der Waals surface area contributed by atoms with Crippen LogP contribution in [-0.2, 0) is 0 Å². The zero-order valence-corrected chi connectivity index (χ0v) is 19.7. The first-order valence-electron chi connectivity index (χ1n) is 9.74.